The highest BCUT2D eigenvalue weighted by Crippen LogP contribution is 2.30. The Balaban J connectivity index is 1.96. The lowest BCUT2D eigenvalue weighted by molar-refractivity contribution is 0.242. The van der Waals surface area contributed by atoms with Crippen molar-refractivity contribution >= 4 is 11.0 Å². The fourth-order valence-corrected chi connectivity index (χ4v) is 2.47. The SMILES string of the molecule is CC(C)Oc1cccc(C(N)c2coc3ccccc23)c1. The molecule has 0 aliphatic carbocycles. The van der Waals surface area contributed by atoms with Crippen LogP contribution in [0.4, 0.5) is 0 Å². The number of nitrogens with two attached hydrogens (primary N) is 1. The van der Waals surface area contributed by atoms with E-state index in [-0.39, 0.29) is 12.1 Å². The first-order chi connectivity index (χ1) is 10.1. The number of benzene rings is 2. The number of rotatable bonds is 4. The van der Waals surface area contributed by atoms with E-state index in [1.165, 1.54) is 0 Å². The van der Waals surface area contributed by atoms with E-state index < -0.39 is 0 Å². The molecule has 2 aromatic carbocycles. The highest BCUT2D eigenvalue weighted by atomic mass is 16.5. The molecule has 2 N–H and O–H groups in total. The molecule has 0 spiro atoms. The van der Waals surface area contributed by atoms with Gasteiger partial charge in [-0.15, -0.1) is 0 Å². The minimum atomic E-state index is -0.232. The smallest absolute Gasteiger partial charge is 0.134 e. The van der Waals surface area contributed by atoms with Gasteiger partial charge < -0.3 is 14.9 Å². The average molecular weight is 281 g/mol. The van der Waals surface area contributed by atoms with Crippen LogP contribution in [0.5, 0.6) is 5.75 Å². The number of hydrogen-bond donors (Lipinski definition) is 1. The Hall–Kier alpha value is -2.26. The molecule has 1 atom stereocenters. The van der Waals surface area contributed by atoms with Crippen molar-refractivity contribution in [3.8, 4) is 5.75 Å². The fraction of sp³-hybridized carbons (Fsp3) is 0.222. The molecule has 3 heteroatoms. The quantitative estimate of drug-likeness (QED) is 0.777. The van der Waals surface area contributed by atoms with Gasteiger partial charge in [0.25, 0.3) is 0 Å². The van der Waals surface area contributed by atoms with Crippen molar-refractivity contribution < 1.29 is 9.15 Å². The summed E-state index contributed by atoms with van der Waals surface area (Å²) < 4.78 is 11.3. The lowest BCUT2D eigenvalue weighted by atomic mass is 9.99. The van der Waals surface area contributed by atoms with Crippen LogP contribution in [-0.2, 0) is 0 Å². The highest BCUT2D eigenvalue weighted by Gasteiger charge is 2.15. The van der Waals surface area contributed by atoms with E-state index in [4.69, 9.17) is 14.9 Å². The molecule has 0 fully saturated rings. The van der Waals surface area contributed by atoms with Gasteiger partial charge in [0.2, 0.25) is 0 Å². The van der Waals surface area contributed by atoms with Crippen molar-refractivity contribution in [3.63, 3.8) is 0 Å². The summed E-state index contributed by atoms with van der Waals surface area (Å²) in [7, 11) is 0. The molecule has 0 aliphatic rings. The third-order valence-corrected chi connectivity index (χ3v) is 3.43. The van der Waals surface area contributed by atoms with Crippen LogP contribution in [0.2, 0.25) is 0 Å². The topological polar surface area (TPSA) is 48.4 Å². The molecule has 3 nitrogen and oxygen atoms in total. The number of fused-ring (bicyclic) bond motifs is 1. The minimum Gasteiger partial charge on any atom is -0.491 e. The van der Waals surface area contributed by atoms with E-state index in [0.29, 0.717) is 0 Å². The number of hydrogen-bond acceptors (Lipinski definition) is 3. The Labute approximate surface area is 124 Å². The molecule has 0 amide bonds. The van der Waals surface area contributed by atoms with E-state index in [0.717, 1.165) is 27.8 Å². The largest absolute Gasteiger partial charge is 0.491 e. The molecule has 0 bridgehead atoms. The molecule has 108 valence electrons. The predicted molar refractivity (Wildman–Crippen MR) is 84.5 cm³/mol. The van der Waals surface area contributed by atoms with Crippen LogP contribution in [0, 0.1) is 0 Å². The van der Waals surface area contributed by atoms with Crippen LogP contribution >= 0.6 is 0 Å². The van der Waals surface area contributed by atoms with Crippen molar-refractivity contribution in [2.24, 2.45) is 5.73 Å². The van der Waals surface area contributed by atoms with Crippen LogP contribution in [0.15, 0.2) is 59.2 Å². The van der Waals surface area contributed by atoms with Gasteiger partial charge in [0.1, 0.15) is 11.3 Å². The van der Waals surface area contributed by atoms with E-state index in [2.05, 4.69) is 0 Å². The van der Waals surface area contributed by atoms with Crippen LogP contribution < -0.4 is 10.5 Å². The van der Waals surface area contributed by atoms with Gasteiger partial charge in [-0.2, -0.15) is 0 Å². The molecular formula is C18H19NO2. The van der Waals surface area contributed by atoms with Gasteiger partial charge in [0, 0.05) is 10.9 Å². The zero-order chi connectivity index (χ0) is 14.8. The van der Waals surface area contributed by atoms with E-state index in [1.807, 2.05) is 62.4 Å². The van der Waals surface area contributed by atoms with Crippen molar-refractivity contribution in [2.45, 2.75) is 26.0 Å². The first-order valence-electron chi connectivity index (χ1n) is 7.13. The second-order valence-corrected chi connectivity index (χ2v) is 5.40. The van der Waals surface area contributed by atoms with Crippen LogP contribution in [0.1, 0.15) is 31.0 Å². The standard InChI is InChI=1S/C18H19NO2/c1-12(2)21-14-7-5-6-13(10-14)18(19)16-11-20-17-9-4-3-8-15(16)17/h3-12,18H,19H2,1-2H3. The normalized spacial score (nSPS) is 12.8. The zero-order valence-electron chi connectivity index (χ0n) is 12.2. The number of ether oxygens (including phenoxy) is 1. The van der Waals surface area contributed by atoms with Gasteiger partial charge in [0.05, 0.1) is 18.4 Å². The van der Waals surface area contributed by atoms with Crippen LogP contribution in [-0.4, -0.2) is 6.10 Å². The Bertz CT molecular complexity index is 746. The molecular weight excluding hydrogens is 262 g/mol. The summed E-state index contributed by atoms with van der Waals surface area (Å²) in [6, 6.07) is 15.6. The lowest BCUT2D eigenvalue weighted by Crippen LogP contribution is -2.12. The Kier molecular flexibility index (Phi) is 3.67. The molecule has 1 unspecified atom stereocenters. The maximum Gasteiger partial charge on any atom is 0.134 e. The second-order valence-electron chi connectivity index (χ2n) is 5.40. The molecule has 1 aromatic heterocycles. The molecule has 0 aliphatic heterocycles. The molecule has 0 radical (unpaired) electrons. The highest BCUT2D eigenvalue weighted by molar-refractivity contribution is 5.81. The summed E-state index contributed by atoms with van der Waals surface area (Å²) in [6.07, 6.45) is 1.89. The fourth-order valence-electron chi connectivity index (χ4n) is 2.47. The van der Waals surface area contributed by atoms with Gasteiger partial charge in [-0.3, -0.25) is 0 Å². The molecule has 21 heavy (non-hydrogen) atoms. The predicted octanol–water partition coefficient (Wildman–Crippen LogP) is 4.27. The Morgan fingerprint density at radius 3 is 2.67 bits per heavy atom. The van der Waals surface area contributed by atoms with Crippen molar-refractivity contribution in [3.05, 3.63) is 65.9 Å². The second kappa shape index (κ2) is 5.62. The summed E-state index contributed by atoms with van der Waals surface area (Å²) in [6.45, 7) is 4.02. The zero-order valence-corrected chi connectivity index (χ0v) is 12.2. The van der Waals surface area contributed by atoms with Crippen LogP contribution in [0.25, 0.3) is 11.0 Å². The van der Waals surface area contributed by atoms with Gasteiger partial charge in [-0.05, 0) is 37.6 Å². The maximum atomic E-state index is 6.41. The van der Waals surface area contributed by atoms with Gasteiger partial charge >= 0.3 is 0 Å². The van der Waals surface area contributed by atoms with E-state index in [9.17, 15) is 0 Å². The first-order valence-corrected chi connectivity index (χ1v) is 7.13. The van der Waals surface area contributed by atoms with E-state index in [1.54, 1.807) is 6.26 Å². The first kappa shape index (κ1) is 13.7. The molecule has 3 aromatic rings. The maximum absolute atomic E-state index is 6.41. The number of para-hydroxylation sites is 1. The van der Waals surface area contributed by atoms with E-state index >= 15 is 0 Å². The van der Waals surface area contributed by atoms with Gasteiger partial charge in [0.15, 0.2) is 0 Å². The molecule has 1 heterocycles. The third kappa shape index (κ3) is 2.78. The molecule has 0 saturated carbocycles. The average Bonchev–Trinajstić information content (AvgIpc) is 2.90. The summed E-state index contributed by atoms with van der Waals surface area (Å²) in [4.78, 5) is 0. The van der Waals surface area contributed by atoms with Gasteiger partial charge in [-0.25, -0.2) is 0 Å². The summed E-state index contributed by atoms with van der Waals surface area (Å²) >= 11 is 0. The van der Waals surface area contributed by atoms with Crippen molar-refractivity contribution in [1.82, 2.24) is 0 Å². The Morgan fingerprint density at radius 1 is 1.05 bits per heavy atom. The molecule has 0 saturated heterocycles. The van der Waals surface area contributed by atoms with Crippen LogP contribution in [0.3, 0.4) is 0 Å². The lowest BCUT2D eigenvalue weighted by Gasteiger charge is -2.14. The van der Waals surface area contributed by atoms with Gasteiger partial charge in [-0.1, -0.05) is 30.3 Å². The molecule has 3 rings (SSSR count). The summed E-state index contributed by atoms with van der Waals surface area (Å²) in [5.74, 6) is 0.839. The third-order valence-electron chi connectivity index (χ3n) is 3.43. The monoisotopic (exact) mass is 281 g/mol. The van der Waals surface area contributed by atoms with Crippen molar-refractivity contribution in [1.29, 1.82) is 0 Å². The number of furan rings is 1. The summed E-state index contributed by atoms with van der Waals surface area (Å²) in [5, 5.41) is 1.06. The minimum absolute atomic E-state index is 0.145. The summed E-state index contributed by atoms with van der Waals surface area (Å²) in [5.41, 5.74) is 9.28. The Morgan fingerprint density at radius 2 is 1.86 bits per heavy atom. The van der Waals surface area contributed by atoms with Crippen molar-refractivity contribution in [2.75, 3.05) is 0 Å².